The van der Waals surface area contributed by atoms with E-state index in [0.29, 0.717) is 0 Å². The van der Waals surface area contributed by atoms with Gasteiger partial charge in [-0.05, 0) is 32.9 Å². The molecule has 94 valence electrons. The maximum atomic E-state index is 13.5. The van der Waals surface area contributed by atoms with Gasteiger partial charge in [0.15, 0.2) is 5.82 Å². The fourth-order valence-corrected chi connectivity index (χ4v) is 1.26. The average Bonchev–Trinajstić information content (AvgIpc) is 2.14. The standard InChI is InChI=1S/C12H16FNO3/c1-12(2,3)17-11(16)14(4)10-8(13)6-5-7-9(10)15/h5-7,15H,1-4H3. The lowest BCUT2D eigenvalue weighted by Gasteiger charge is -2.25. The first kappa shape index (κ1) is 13.3. The minimum absolute atomic E-state index is 0.193. The van der Waals surface area contributed by atoms with Gasteiger partial charge >= 0.3 is 6.09 Å². The number of hydrogen-bond donors (Lipinski definition) is 1. The number of para-hydroxylation sites is 1. The van der Waals surface area contributed by atoms with Crippen molar-refractivity contribution >= 4 is 11.8 Å². The average molecular weight is 241 g/mol. The van der Waals surface area contributed by atoms with E-state index < -0.39 is 17.5 Å². The number of phenols is 1. The van der Waals surface area contributed by atoms with Crippen molar-refractivity contribution in [3.05, 3.63) is 24.0 Å². The Labute approximate surface area is 99.6 Å². The van der Waals surface area contributed by atoms with E-state index in [0.717, 1.165) is 11.0 Å². The molecule has 0 spiro atoms. The lowest BCUT2D eigenvalue weighted by Crippen LogP contribution is -2.34. The Morgan fingerprint density at radius 3 is 2.47 bits per heavy atom. The Morgan fingerprint density at radius 1 is 1.41 bits per heavy atom. The highest BCUT2D eigenvalue weighted by atomic mass is 19.1. The number of carbonyl (C=O) groups excluding carboxylic acids is 1. The van der Waals surface area contributed by atoms with Crippen LogP contribution in [-0.2, 0) is 4.74 Å². The SMILES string of the molecule is CN(C(=O)OC(C)(C)C)c1c(O)cccc1F. The lowest BCUT2D eigenvalue weighted by molar-refractivity contribution is 0.0587. The number of rotatable bonds is 1. The monoisotopic (exact) mass is 241 g/mol. The molecule has 1 N–H and O–H groups in total. The Kier molecular flexibility index (Phi) is 3.60. The zero-order valence-electron chi connectivity index (χ0n) is 10.3. The molecule has 0 aromatic heterocycles. The van der Waals surface area contributed by atoms with Crippen molar-refractivity contribution in [1.29, 1.82) is 0 Å². The second-order valence-corrected chi connectivity index (χ2v) is 4.65. The summed E-state index contributed by atoms with van der Waals surface area (Å²) in [5.41, 5.74) is -0.867. The minimum Gasteiger partial charge on any atom is -0.506 e. The number of nitrogens with zero attached hydrogens (tertiary/aromatic N) is 1. The molecule has 5 heteroatoms. The summed E-state index contributed by atoms with van der Waals surface area (Å²) in [6.07, 6.45) is -0.724. The van der Waals surface area contributed by atoms with Crippen molar-refractivity contribution in [2.45, 2.75) is 26.4 Å². The summed E-state index contributed by atoms with van der Waals surface area (Å²) >= 11 is 0. The molecule has 0 radical (unpaired) electrons. The molecule has 0 unspecified atom stereocenters. The first-order valence-corrected chi connectivity index (χ1v) is 5.16. The van der Waals surface area contributed by atoms with Crippen LogP contribution in [0.5, 0.6) is 5.75 Å². The molecule has 0 atom stereocenters. The summed E-state index contributed by atoms with van der Waals surface area (Å²) in [6.45, 7) is 5.12. The first-order valence-electron chi connectivity index (χ1n) is 5.16. The minimum atomic E-state index is -0.724. The fraction of sp³-hybridized carbons (Fsp3) is 0.417. The molecule has 0 aliphatic heterocycles. The van der Waals surface area contributed by atoms with Crippen LogP contribution in [0.3, 0.4) is 0 Å². The van der Waals surface area contributed by atoms with E-state index in [1.165, 1.54) is 19.2 Å². The molecular formula is C12H16FNO3. The van der Waals surface area contributed by atoms with Gasteiger partial charge in [0, 0.05) is 7.05 Å². The molecule has 0 aliphatic carbocycles. The Bertz CT molecular complexity index is 406. The van der Waals surface area contributed by atoms with E-state index in [1.807, 2.05) is 0 Å². The van der Waals surface area contributed by atoms with Gasteiger partial charge in [0.1, 0.15) is 17.0 Å². The summed E-state index contributed by atoms with van der Waals surface area (Å²) in [5, 5.41) is 9.52. The molecule has 0 saturated heterocycles. The van der Waals surface area contributed by atoms with Crippen molar-refractivity contribution in [2.24, 2.45) is 0 Å². The van der Waals surface area contributed by atoms with Crippen LogP contribution in [-0.4, -0.2) is 23.8 Å². The Morgan fingerprint density at radius 2 is 2.00 bits per heavy atom. The second kappa shape index (κ2) is 4.61. The van der Waals surface area contributed by atoms with E-state index >= 15 is 0 Å². The molecule has 0 fully saturated rings. The molecule has 1 amide bonds. The van der Waals surface area contributed by atoms with Crippen LogP contribution < -0.4 is 4.90 Å². The topological polar surface area (TPSA) is 49.8 Å². The van der Waals surface area contributed by atoms with Crippen LogP contribution in [0.15, 0.2) is 18.2 Å². The predicted molar refractivity (Wildman–Crippen MR) is 62.7 cm³/mol. The molecule has 17 heavy (non-hydrogen) atoms. The summed E-state index contributed by atoms with van der Waals surface area (Å²) < 4.78 is 18.6. The van der Waals surface area contributed by atoms with Crippen LogP contribution >= 0.6 is 0 Å². The van der Waals surface area contributed by atoms with Gasteiger partial charge < -0.3 is 9.84 Å². The highest BCUT2D eigenvalue weighted by Crippen LogP contribution is 2.30. The number of halogens is 1. The Balaban J connectivity index is 2.97. The van der Waals surface area contributed by atoms with Gasteiger partial charge in [-0.1, -0.05) is 6.07 Å². The normalized spacial score (nSPS) is 11.1. The Hall–Kier alpha value is -1.78. The van der Waals surface area contributed by atoms with E-state index in [9.17, 15) is 14.3 Å². The number of aromatic hydroxyl groups is 1. The molecule has 0 bridgehead atoms. The number of amides is 1. The van der Waals surface area contributed by atoms with E-state index in [1.54, 1.807) is 20.8 Å². The number of hydrogen-bond acceptors (Lipinski definition) is 3. The third kappa shape index (κ3) is 3.34. The van der Waals surface area contributed by atoms with Gasteiger partial charge in [-0.2, -0.15) is 0 Å². The molecule has 1 aromatic carbocycles. The van der Waals surface area contributed by atoms with E-state index in [-0.39, 0.29) is 11.4 Å². The van der Waals surface area contributed by atoms with E-state index in [4.69, 9.17) is 4.74 Å². The van der Waals surface area contributed by atoms with Crippen LogP contribution in [0.2, 0.25) is 0 Å². The van der Waals surface area contributed by atoms with Crippen LogP contribution in [0, 0.1) is 5.82 Å². The first-order chi connectivity index (χ1) is 7.72. The predicted octanol–water partition coefficient (Wildman–Crippen LogP) is 2.90. The van der Waals surface area contributed by atoms with Crippen LogP contribution in [0.4, 0.5) is 14.9 Å². The second-order valence-electron chi connectivity index (χ2n) is 4.65. The molecule has 0 heterocycles. The summed E-state index contributed by atoms with van der Waals surface area (Å²) in [7, 11) is 1.34. The van der Waals surface area contributed by atoms with Crippen LogP contribution in [0.25, 0.3) is 0 Å². The number of anilines is 1. The van der Waals surface area contributed by atoms with Crippen molar-refractivity contribution in [3.63, 3.8) is 0 Å². The van der Waals surface area contributed by atoms with Crippen molar-refractivity contribution < 1.29 is 19.0 Å². The maximum absolute atomic E-state index is 13.5. The zero-order chi connectivity index (χ0) is 13.2. The van der Waals surface area contributed by atoms with Gasteiger partial charge in [-0.3, -0.25) is 4.90 Å². The van der Waals surface area contributed by atoms with Crippen LogP contribution in [0.1, 0.15) is 20.8 Å². The highest BCUT2D eigenvalue weighted by molar-refractivity contribution is 5.89. The molecule has 1 aromatic rings. The third-order valence-electron chi connectivity index (χ3n) is 1.97. The van der Waals surface area contributed by atoms with Crippen molar-refractivity contribution in [1.82, 2.24) is 0 Å². The summed E-state index contributed by atoms with van der Waals surface area (Å²) in [5.74, 6) is -0.989. The van der Waals surface area contributed by atoms with Gasteiger partial charge in [-0.15, -0.1) is 0 Å². The molecule has 0 aliphatic rings. The maximum Gasteiger partial charge on any atom is 0.414 e. The molecular weight excluding hydrogens is 225 g/mol. The van der Waals surface area contributed by atoms with E-state index in [2.05, 4.69) is 0 Å². The summed E-state index contributed by atoms with van der Waals surface area (Å²) in [6, 6.07) is 3.83. The quantitative estimate of drug-likeness (QED) is 0.822. The van der Waals surface area contributed by atoms with Gasteiger partial charge in [0.25, 0.3) is 0 Å². The highest BCUT2D eigenvalue weighted by Gasteiger charge is 2.24. The van der Waals surface area contributed by atoms with Gasteiger partial charge in [-0.25, -0.2) is 9.18 Å². The van der Waals surface area contributed by atoms with Crippen molar-refractivity contribution in [3.8, 4) is 5.75 Å². The third-order valence-corrected chi connectivity index (χ3v) is 1.97. The molecule has 1 rings (SSSR count). The van der Waals surface area contributed by atoms with Gasteiger partial charge in [0.05, 0.1) is 0 Å². The lowest BCUT2D eigenvalue weighted by atomic mass is 10.2. The largest absolute Gasteiger partial charge is 0.506 e. The number of ether oxygens (including phenoxy) is 1. The number of benzene rings is 1. The molecule has 4 nitrogen and oxygen atoms in total. The molecule has 0 saturated carbocycles. The zero-order valence-corrected chi connectivity index (χ0v) is 10.3. The number of carbonyl (C=O) groups is 1. The summed E-state index contributed by atoms with van der Waals surface area (Å²) in [4.78, 5) is 12.6. The smallest absolute Gasteiger partial charge is 0.414 e. The fourth-order valence-electron chi connectivity index (χ4n) is 1.26. The number of phenolic OH excluding ortho intramolecular Hbond substituents is 1. The van der Waals surface area contributed by atoms with Crippen molar-refractivity contribution in [2.75, 3.05) is 11.9 Å². The van der Waals surface area contributed by atoms with Gasteiger partial charge in [0.2, 0.25) is 0 Å².